The van der Waals surface area contributed by atoms with Gasteiger partial charge >= 0.3 is 6.18 Å². The quantitative estimate of drug-likeness (QED) is 0.829. The molecule has 1 aliphatic heterocycles. The first kappa shape index (κ1) is 19.4. The summed E-state index contributed by atoms with van der Waals surface area (Å²) in [6, 6.07) is 10.6. The predicted octanol–water partition coefficient (Wildman–Crippen LogP) is 2.97. The molecule has 1 fully saturated rings. The minimum absolute atomic E-state index is 0.134. The van der Waals surface area contributed by atoms with Gasteiger partial charge in [0.25, 0.3) is 0 Å². The van der Waals surface area contributed by atoms with Gasteiger partial charge in [-0.3, -0.25) is 20.1 Å². The van der Waals surface area contributed by atoms with Gasteiger partial charge in [-0.15, -0.1) is 0 Å². The van der Waals surface area contributed by atoms with Crippen LogP contribution < -0.4 is 5.32 Å². The summed E-state index contributed by atoms with van der Waals surface area (Å²) in [5.74, 6) is -1.64. The van der Waals surface area contributed by atoms with Gasteiger partial charge in [0.05, 0.1) is 28.4 Å². The molecule has 3 rings (SSSR count). The van der Waals surface area contributed by atoms with Gasteiger partial charge in [0.2, 0.25) is 5.91 Å². The molecule has 6 nitrogen and oxygen atoms in total. The molecule has 1 aliphatic rings. The average molecular weight is 387 g/mol. The van der Waals surface area contributed by atoms with Crippen LogP contribution in [-0.2, 0) is 16.5 Å². The standard InChI is InChI=1S/C19H16F3N5O/c1-18(12-5-3-4-11(8-12)9-23)15(16(28)27(2)17(24)26-18)14-7-6-13(10-25-14)19(20,21)22/h3-8,10,15H,1-2H3,(H2,24,26)/t15-,18-/m1/s1. The van der Waals surface area contributed by atoms with Gasteiger partial charge < -0.3 is 5.32 Å². The smallest absolute Gasteiger partial charge is 0.346 e. The van der Waals surface area contributed by atoms with Crippen molar-refractivity contribution in [3.63, 3.8) is 0 Å². The Bertz CT molecular complexity index is 980. The van der Waals surface area contributed by atoms with Gasteiger partial charge in [0, 0.05) is 13.2 Å². The highest BCUT2D eigenvalue weighted by Gasteiger charge is 2.49. The zero-order chi connectivity index (χ0) is 20.7. The Hall–Kier alpha value is -3.41. The molecule has 0 saturated carbocycles. The molecular formula is C19H16F3N5O. The minimum Gasteiger partial charge on any atom is -0.346 e. The Kier molecular flexibility index (Phi) is 4.59. The maximum Gasteiger partial charge on any atom is 0.417 e. The number of hydrogen-bond acceptors (Lipinski definition) is 4. The highest BCUT2D eigenvalue weighted by molar-refractivity contribution is 6.02. The fourth-order valence-corrected chi connectivity index (χ4v) is 3.27. The first-order valence-electron chi connectivity index (χ1n) is 8.26. The van der Waals surface area contributed by atoms with Crippen LogP contribution in [0.5, 0.6) is 0 Å². The summed E-state index contributed by atoms with van der Waals surface area (Å²) in [4.78, 5) is 18.0. The summed E-state index contributed by atoms with van der Waals surface area (Å²) >= 11 is 0. The largest absolute Gasteiger partial charge is 0.417 e. The van der Waals surface area contributed by atoms with Crippen molar-refractivity contribution in [2.45, 2.75) is 24.6 Å². The van der Waals surface area contributed by atoms with Crippen molar-refractivity contribution in [3.8, 4) is 6.07 Å². The number of benzene rings is 1. The number of guanidine groups is 1. The van der Waals surface area contributed by atoms with Crippen molar-refractivity contribution >= 4 is 11.9 Å². The molecule has 0 bridgehead atoms. The highest BCUT2D eigenvalue weighted by Crippen LogP contribution is 2.40. The van der Waals surface area contributed by atoms with Crippen LogP contribution in [0.2, 0.25) is 0 Å². The number of amides is 1. The lowest BCUT2D eigenvalue weighted by Crippen LogP contribution is -2.62. The van der Waals surface area contributed by atoms with Crippen molar-refractivity contribution in [2.75, 3.05) is 7.05 Å². The van der Waals surface area contributed by atoms with Crippen molar-refractivity contribution in [3.05, 3.63) is 65.0 Å². The van der Waals surface area contributed by atoms with Gasteiger partial charge in [-0.1, -0.05) is 12.1 Å². The maximum atomic E-state index is 13.0. The monoisotopic (exact) mass is 387 g/mol. The lowest BCUT2D eigenvalue weighted by atomic mass is 9.75. The molecule has 9 heteroatoms. The number of nitrogens with zero attached hydrogens (tertiary/aromatic N) is 3. The van der Waals surface area contributed by atoms with Crippen LogP contribution in [0.3, 0.4) is 0 Å². The number of hydrogen-bond donors (Lipinski definition) is 2. The number of alkyl halides is 3. The zero-order valence-corrected chi connectivity index (χ0v) is 15.0. The summed E-state index contributed by atoms with van der Waals surface area (Å²) in [5.41, 5.74) is -1.06. The lowest BCUT2D eigenvalue weighted by molar-refractivity contribution is -0.137. The second-order valence-electron chi connectivity index (χ2n) is 6.67. The SMILES string of the molecule is CN1C(=N)N[C@](C)(c2cccc(C#N)c2)[C@H](c2ccc(C(F)(F)F)cn2)C1=O. The van der Waals surface area contributed by atoms with Crippen LogP contribution in [-0.4, -0.2) is 28.8 Å². The minimum atomic E-state index is -4.54. The summed E-state index contributed by atoms with van der Waals surface area (Å²) in [6.45, 7) is 1.66. The average Bonchev–Trinajstić information content (AvgIpc) is 2.66. The Labute approximate surface area is 159 Å². The third kappa shape index (κ3) is 3.17. The van der Waals surface area contributed by atoms with E-state index >= 15 is 0 Å². The van der Waals surface area contributed by atoms with E-state index in [-0.39, 0.29) is 11.7 Å². The third-order valence-electron chi connectivity index (χ3n) is 4.87. The van der Waals surface area contributed by atoms with Crippen molar-refractivity contribution < 1.29 is 18.0 Å². The number of nitrogens with one attached hydrogen (secondary N) is 2. The number of rotatable bonds is 2. The van der Waals surface area contributed by atoms with Gasteiger partial charge in [-0.2, -0.15) is 18.4 Å². The number of carbonyl (C=O) groups excluding carboxylic acids is 1. The molecule has 1 aromatic carbocycles. The van der Waals surface area contributed by atoms with Crippen molar-refractivity contribution in [1.29, 1.82) is 10.7 Å². The van der Waals surface area contributed by atoms with Gasteiger partial charge in [-0.05, 0) is 36.8 Å². The van der Waals surface area contributed by atoms with Gasteiger partial charge in [0.15, 0.2) is 5.96 Å². The van der Waals surface area contributed by atoms with Crippen molar-refractivity contribution in [2.24, 2.45) is 0 Å². The molecule has 0 spiro atoms. The zero-order valence-electron chi connectivity index (χ0n) is 15.0. The molecule has 1 amide bonds. The molecule has 2 N–H and O–H groups in total. The van der Waals surface area contributed by atoms with Crippen LogP contribution in [0.1, 0.15) is 35.2 Å². The predicted molar refractivity (Wildman–Crippen MR) is 94.1 cm³/mol. The molecule has 2 heterocycles. The molecule has 0 aliphatic carbocycles. The number of nitriles is 1. The topological polar surface area (TPSA) is 92.9 Å². The summed E-state index contributed by atoms with van der Waals surface area (Å²) in [6.07, 6.45) is -3.85. The number of carbonyl (C=O) groups is 1. The molecule has 0 radical (unpaired) electrons. The number of pyridine rings is 1. The molecule has 1 saturated heterocycles. The molecule has 2 aromatic rings. The Morgan fingerprint density at radius 3 is 2.61 bits per heavy atom. The Morgan fingerprint density at radius 2 is 2.04 bits per heavy atom. The van der Waals surface area contributed by atoms with E-state index in [0.29, 0.717) is 17.3 Å². The second-order valence-corrected chi connectivity index (χ2v) is 6.67. The Balaban J connectivity index is 2.14. The van der Waals surface area contributed by atoms with Gasteiger partial charge in [-0.25, -0.2) is 0 Å². The van der Waals surface area contributed by atoms with E-state index in [9.17, 15) is 23.2 Å². The van der Waals surface area contributed by atoms with E-state index in [2.05, 4.69) is 10.3 Å². The first-order valence-corrected chi connectivity index (χ1v) is 8.26. The van der Waals surface area contributed by atoms with E-state index in [1.807, 2.05) is 6.07 Å². The molecule has 28 heavy (non-hydrogen) atoms. The Morgan fingerprint density at radius 1 is 1.32 bits per heavy atom. The molecule has 0 unspecified atom stereocenters. The maximum absolute atomic E-state index is 13.0. The fraction of sp³-hybridized carbons (Fsp3) is 0.263. The van der Waals surface area contributed by atoms with Crippen LogP contribution in [0.25, 0.3) is 0 Å². The lowest BCUT2D eigenvalue weighted by Gasteiger charge is -2.45. The number of likely N-dealkylation sites (N-methyl/N-ethyl adjacent to an activating group) is 1. The fourth-order valence-electron chi connectivity index (χ4n) is 3.27. The van der Waals surface area contributed by atoms with E-state index < -0.39 is 29.1 Å². The number of aromatic nitrogens is 1. The summed E-state index contributed by atoms with van der Waals surface area (Å²) < 4.78 is 38.6. The number of halogens is 3. The first-order chi connectivity index (χ1) is 13.1. The van der Waals surface area contributed by atoms with Crippen LogP contribution in [0.4, 0.5) is 13.2 Å². The van der Waals surface area contributed by atoms with E-state index in [1.165, 1.54) is 13.1 Å². The van der Waals surface area contributed by atoms with E-state index in [4.69, 9.17) is 5.41 Å². The van der Waals surface area contributed by atoms with E-state index in [1.54, 1.807) is 31.2 Å². The summed E-state index contributed by atoms with van der Waals surface area (Å²) in [5, 5.41) is 20.2. The van der Waals surface area contributed by atoms with Crippen LogP contribution >= 0.6 is 0 Å². The molecule has 144 valence electrons. The van der Waals surface area contributed by atoms with Crippen LogP contribution in [0, 0.1) is 16.7 Å². The van der Waals surface area contributed by atoms with E-state index in [0.717, 1.165) is 11.0 Å². The van der Waals surface area contributed by atoms with Crippen molar-refractivity contribution in [1.82, 2.24) is 15.2 Å². The van der Waals surface area contributed by atoms with Crippen LogP contribution in [0.15, 0.2) is 42.6 Å². The normalized spacial score (nSPS) is 22.6. The molecular weight excluding hydrogens is 371 g/mol. The second kappa shape index (κ2) is 6.64. The third-order valence-corrected chi connectivity index (χ3v) is 4.87. The highest BCUT2D eigenvalue weighted by atomic mass is 19.4. The molecule has 2 atom stereocenters. The van der Waals surface area contributed by atoms with Gasteiger partial charge in [0.1, 0.15) is 5.92 Å². The summed E-state index contributed by atoms with van der Waals surface area (Å²) in [7, 11) is 1.40. The molecule has 1 aromatic heterocycles.